The molecule has 138 valence electrons. The second-order valence-corrected chi connectivity index (χ2v) is 9.47. The Morgan fingerprint density at radius 3 is 2.04 bits per heavy atom. The highest BCUT2D eigenvalue weighted by Crippen LogP contribution is 2.60. The summed E-state index contributed by atoms with van der Waals surface area (Å²) < 4.78 is 65.8. The fourth-order valence-electron chi connectivity index (χ4n) is 5.08. The van der Waals surface area contributed by atoms with Crippen molar-refractivity contribution in [2.45, 2.75) is 57.0 Å². The van der Waals surface area contributed by atoms with Gasteiger partial charge in [0, 0.05) is 0 Å². The maximum absolute atomic E-state index is 12.5. The predicted octanol–water partition coefficient (Wildman–Crippen LogP) is 2.57. The number of alkyl halides is 3. The van der Waals surface area contributed by atoms with Gasteiger partial charge in [0.2, 0.25) is 0 Å². The molecule has 0 aromatic heterocycles. The summed E-state index contributed by atoms with van der Waals surface area (Å²) in [5.74, 6) is 1.26. The van der Waals surface area contributed by atoms with Crippen molar-refractivity contribution in [1.82, 2.24) is 4.72 Å². The van der Waals surface area contributed by atoms with Crippen molar-refractivity contribution in [2.24, 2.45) is 23.2 Å². The van der Waals surface area contributed by atoms with Gasteiger partial charge in [-0.3, -0.25) is 4.79 Å². The van der Waals surface area contributed by atoms with E-state index in [9.17, 15) is 26.4 Å². The van der Waals surface area contributed by atoms with Crippen molar-refractivity contribution in [1.29, 1.82) is 0 Å². The molecule has 0 saturated heterocycles. The first kappa shape index (κ1) is 18.0. The first-order valence-electron chi connectivity index (χ1n) is 8.26. The van der Waals surface area contributed by atoms with Crippen LogP contribution in [0.25, 0.3) is 0 Å². The third kappa shape index (κ3) is 3.29. The van der Waals surface area contributed by atoms with E-state index in [1.807, 2.05) is 0 Å². The average Bonchev–Trinajstić information content (AvgIpc) is 2.41. The van der Waals surface area contributed by atoms with Crippen LogP contribution >= 0.6 is 0 Å². The Balaban J connectivity index is 1.56. The lowest BCUT2D eigenvalue weighted by atomic mass is 9.49. The van der Waals surface area contributed by atoms with Crippen LogP contribution in [0.1, 0.15) is 45.4 Å². The Hall–Kier alpha value is -0.830. The zero-order valence-corrected chi connectivity index (χ0v) is 14.3. The molecule has 9 heteroatoms. The van der Waals surface area contributed by atoms with Crippen molar-refractivity contribution >= 4 is 16.0 Å². The lowest BCUT2D eigenvalue weighted by Gasteiger charge is -2.55. The van der Waals surface area contributed by atoms with Crippen LogP contribution in [0.15, 0.2) is 0 Å². The molecule has 1 N–H and O–H groups in total. The van der Waals surface area contributed by atoms with Crippen molar-refractivity contribution < 1.29 is 31.1 Å². The van der Waals surface area contributed by atoms with E-state index in [1.54, 1.807) is 0 Å². The van der Waals surface area contributed by atoms with Gasteiger partial charge in [-0.25, -0.2) is 13.1 Å². The lowest BCUT2D eigenvalue weighted by Crippen LogP contribution is -2.51. The molecule has 1 unspecified atom stereocenters. The number of hydrogen-bond acceptors (Lipinski definition) is 4. The fraction of sp³-hybridized carbons (Fsp3) is 0.933. The van der Waals surface area contributed by atoms with Gasteiger partial charge >= 0.3 is 21.5 Å². The minimum Gasteiger partial charge on any atom is -0.464 e. The van der Waals surface area contributed by atoms with Crippen LogP contribution < -0.4 is 4.72 Å². The van der Waals surface area contributed by atoms with Gasteiger partial charge in [0.1, 0.15) is 6.61 Å². The quantitative estimate of drug-likeness (QED) is 0.756. The van der Waals surface area contributed by atoms with Crippen LogP contribution in [0.5, 0.6) is 0 Å². The van der Waals surface area contributed by atoms with E-state index >= 15 is 0 Å². The highest BCUT2D eigenvalue weighted by Gasteiger charge is 2.55. The summed E-state index contributed by atoms with van der Waals surface area (Å²) in [4.78, 5) is 12.5. The maximum Gasteiger partial charge on any atom is 0.511 e. The summed E-state index contributed by atoms with van der Waals surface area (Å²) in [5.41, 5.74) is -5.87. The van der Waals surface area contributed by atoms with Crippen LogP contribution in [0.2, 0.25) is 0 Å². The molecule has 0 radical (unpaired) electrons. The molecule has 4 saturated carbocycles. The van der Waals surface area contributed by atoms with E-state index in [0.717, 1.165) is 38.5 Å². The Kier molecular flexibility index (Phi) is 4.39. The lowest BCUT2D eigenvalue weighted by molar-refractivity contribution is -0.172. The normalized spacial score (nSPS) is 36.6. The fourth-order valence-corrected chi connectivity index (χ4v) is 5.81. The van der Waals surface area contributed by atoms with E-state index < -0.39 is 33.6 Å². The van der Waals surface area contributed by atoms with E-state index in [1.165, 1.54) is 11.6 Å². The molecule has 0 spiro atoms. The molecule has 0 aromatic rings. The first-order valence-corrected chi connectivity index (χ1v) is 9.75. The van der Waals surface area contributed by atoms with Crippen molar-refractivity contribution in [3.05, 3.63) is 0 Å². The smallest absolute Gasteiger partial charge is 0.464 e. The second-order valence-electron chi connectivity index (χ2n) is 7.76. The highest BCUT2D eigenvalue weighted by molar-refractivity contribution is 7.90. The molecule has 0 amide bonds. The van der Waals surface area contributed by atoms with E-state index in [-0.39, 0.29) is 5.97 Å². The van der Waals surface area contributed by atoms with Gasteiger partial charge < -0.3 is 4.74 Å². The van der Waals surface area contributed by atoms with Gasteiger partial charge in [0.15, 0.2) is 0 Å². The van der Waals surface area contributed by atoms with Crippen LogP contribution in [0.4, 0.5) is 13.2 Å². The number of rotatable bonds is 5. The summed E-state index contributed by atoms with van der Waals surface area (Å²) in [5, 5.41) is 0. The monoisotopic (exact) mass is 369 g/mol. The summed E-state index contributed by atoms with van der Waals surface area (Å²) in [6.07, 6.45) is 5.86. The molecule has 5 nitrogen and oxygen atoms in total. The Morgan fingerprint density at radius 2 is 1.62 bits per heavy atom. The molecule has 1 atom stereocenters. The minimum atomic E-state index is -5.43. The van der Waals surface area contributed by atoms with Gasteiger partial charge in [-0.2, -0.15) is 13.2 Å². The molecular formula is C15H22F3NO4S. The third-order valence-corrected chi connectivity index (χ3v) is 6.92. The van der Waals surface area contributed by atoms with E-state index in [0.29, 0.717) is 17.8 Å². The van der Waals surface area contributed by atoms with Crippen molar-refractivity contribution in [3.8, 4) is 0 Å². The summed E-state index contributed by atoms with van der Waals surface area (Å²) in [6.45, 7) is 0.853. The number of ether oxygens (including phenoxy) is 1. The highest BCUT2D eigenvalue weighted by atomic mass is 32.2. The summed E-state index contributed by atoms with van der Waals surface area (Å²) in [6, 6.07) is -1.13. The molecule has 4 rings (SSSR count). The van der Waals surface area contributed by atoms with E-state index in [4.69, 9.17) is 4.74 Å². The maximum atomic E-state index is 12.5. The summed E-state index contributed by atoms with van der Waals surface area (Å²) >= 11 is 0. The topological polar surface area (TPSA) is 72.5 Å². The molecule has 0 aliphatic heterocycles. The number of esters is 1. The van der Waals surface area contributed by atoms with Gasteiger partial charge in [-0.15, -0.1) is 0 Å². The van der Waals surface area contributed by atoms with Crippen LogP contribution in [-0.2, 0) is 19.6 Å². The second kappa shape index (κ2) is 5.86. The van der Waals surface area contributed by atoms with Crippen LogP contribution in [0.3, 0.4) is 0 Å². The Labute approximate surface area is 139 Å². The zero-order valence-electron chi connectivity index (χ0n) is 13.4. The number of hydrogen-bond donors (Lipinski definition) is 1. The predicted molar refractivity (Wildman–Crippen MR) is 79.1 cm³/mol. The number of sulfonamides is 1. The molecule has 0 aromatic carbocycles. The van der Waals surface area contributed by atoms with Crippen LogP contribution in [0, 0.1) is 23.2 Å². The molecule has 4 bridgehead atoms. The zero-order chi connectivity index (χ0) is 17.8. The molecule has 0 heterocycles. The Bertz CT molecular complexity index is 581. The number of carbonyl (C=O) groups is 1. The molecule has 4 aliphatic rings. The minimum absolute atomic E-state index is 0.375. The standard InChI is InChI=1S/C15H22F3NO4S/c1-9(19-24(21,22)15(16,17)18)8-23-13(20)14-5-10-2-11(6-14)4-12(3-10)7-14/h9-12,19H,2-8H2,1H3. The third-order valence-electron chi connectivity index (χ3n) is 5.60. The van der Waals surface area contributed by atoms with Crippen molar-refractivity contribution in [3.63, 3.8) is 0 Å². The molecule has 4 fully saturated rings. The van der Waals surface area contributed by atoms with Gasteiger partial charge in [-0.05, 0) is 63.2 Å². The molecule has 24 heavy (non-hydrogen) atoms. The SMILES string of the molecule is CC(COC(=O)C12CC3CC(CC(C3)C1)C2)NS(=O)(=O)C(F)(F)F. The van der Waals surface area contributed by atoms with Gasteiger partial charge in [0.25, 0.3) is 0 Å². The average molecular weight is 369 g/mol. The van der Waals surface area contributed by atoms with Crippen LogP contribution in [-0.4, -0.2) is 32.5 Å². The first-order chi connectivity index (χ1) is 11.0. The summed E-state index contributed by atoms with van der Waals surface area (Å²) in [7, 11) is -5.43. The Morgan fingerprint density at radius 1 is 1.17 bits per heavy atom. The number of carbonyl (C=O) groups excluding carboxylic acids is 1. The van der Waals surface area contributed by atoms with Gasteiger partial charge in [0.05, 0.1) is 11.5 Å². The largest absolute Gasteiger partial charge is 0.511 e. The molecular weight excluding hydrogens is 347 g/mol. The molecule has 4 aliphatic carbocycles. The number of nitrogens with one attached hydrogen (secondary N) is 1. The van der Waals surface area contributed by atoms with E-state index in [2.05, 4.69) is 0 Å². The van der Waals surface area contributed by atoms with Gasteiger partial charge in [-0.1, -0.05) is 0 Å². The number of halogens is 3. The van der Waals surface area contributed by atoms with Crippen molar-refractivity contribution in [2.75, 3.05) is 6.61 Å².